The molecule has 0 aromatic heterocycles. The molecule has 0 heterocycles. The fraction of sp³-hybridized carbons (Fsp3) is 0.472. The molecule has 0 radical (unpaired) electrons. The minimum atomic E-state index is -4.00. The second kappa shape index (κ2) is 15.5. The third-order valence-corrected chi connectivity index (χ3v) is 9.61. The lowest BCUT2D eigenvalue weighted by atomic mass is 9.89. The van der Waals surface area contributed by atoms with Crippen LogP contribution in [0.15, 0.2) is 53.4 Å². The maximum atomic E-state index is 14.2. The molecule has 0 aliphatic heterocycles. The molecule has 0 aliphatic carbocycles. The van der Waals surface area contributed by atoms with E-state index in [-0.39, 0.29) is 17.8 Å². The van der Waals surface area contributed by atoms with E-state index < -0.39 is 16.1 Å². The first-order chi connectivity index (χ1) is 21.2. The lowest BCUT2D eigenvalue weighted by Crippen LogP contribution is -2.37. The third-order valence-electron chi connectivity index (χ3n) is 8.09. The molecular weight excluding hydrogens is 584 g/mol. The summed E-state index contributed by atoms with van der Waals surface area (Å²) < 4.78 is 36.7. The van der Waals surface area contributed by atoms with Crippen LogP contribution in [0.4, 0.5) is 27.5 Å². The minimum absolute atomic E-state index is 0.00359. The Hall–Kier alpha value is -3.72. The summed E-state index contributed by atoms with van der Waals surface area (Å²) in [5, 5.41) is 3.43. The molecule has 0 saturated heterocycles. The lowest BCUT2D eigenvalue weighted by Gasteiger charge is -2.26. The number of benzene rings is 3. The highest BCUT2D eigenvalue weighted by Gasteiger charge is 2.28. The maximum absolute atomic E-state index is 14.2. The number of unbranched alkanes of at least 4 members (excludes halogenated alkanes) is 3. The quantitative estimate of drug-likeness (QED) is 0.144. The highest BCUT2D eigenvalue weighted by Crippen LogP contribution is 2.38. The number of methoxy groups -OCH3 is 1. The van der Waals surface area contributed by atoms with Gasteiger partial charge in [-0.25, -0.2) is 13.2 Å². The van der Waals surface area contributed by atoms with Gasteiger partial charge in [0.05, 0.1) is 29.1 Å². The summed E-state index contributed by atoms with van der Waals surface area (Å²) in [6, 6.07) is 14.3. The van der Waals surface area contributed by atoms with E-state index >= 15 is 0 Å². The van der Waals surface area contributed by atoms with Gasteiger partial charge in [0.25, 0.3) is 10.0 Å². The fourth-order valence-corrected chi connectivity index (χ4v) is 7.17. The maximum Gasteiger partial charge on any atom is 0.319 e. The average molecular weight is 637 g/mol. The Labute approximate surface area is 270 Å². The molecule has 0 spiro atoms. The van der Waals surface area contributed by atoms with Crippen LogP contribution < -0.4 is 25.4 Å². The number of hydrogen-bond acceptors (Lipinski definition) is 5. The number of aryl methyl sites for hydroxylation is 1. The summed E-state index contributed by atoms with van der Waals surface area (Å²) in [6.45, 7) is 16.8. The number of ether oxygens (including phenoxy) is 1. The van der Waals surface area contributed by atoms with Gasteiger partial charge in [-0.2, -0.15) is 0 Å². The van der Waals surface area contributed by atoms with Gasteiger partial charge in [-0.05, 0) is 89.8 Å². The van der Waals surface area contributed by atoms with Crippen molar-refractivity contribution in [2.24, 2.45) is 5.73 Å². The van der Waals surface area contributed by atoms with Crippen molar-refractivity contribution in [2.45, 2.75) is 104 Å². The van der Waals surface area contributed by atoms with E-state index in [9.17, 15) is 13.2 Å². The molecule has 0 unspecified atom stereocenters. The molecule has 4 N–H and O–H groups in total. The Kier molecular flexibility index (Phi) is 12.3. The van der Waals surface area contributed by atoms with Crippen molar-refractivity contribution in [2.75, 3.05) is 28.6 Å². The Morgan fingerprint density at radius 3 is 2.00 bits per heavy atom. The van der Waals surface area contributed by atoms with Crippen LogP contribution in [0.3, 0.4) is 0 Å². The molecule has 0 fully saturated rings. The number of primary amides is 1. The summed E-state index contributed by atoms with van der Waals surface area (Å²) in [5.74, 6) is 0.992. The summed E-state index contributed by atoms with van der Waals surface area (Å²) in [6.07, 6.45) is 3.83. The molecule has 45 heavy (non-hydrogen) atoms. The Bertz CT molecular complexity index is 1550. The second-order valence-electron chi connectivity index (χ2n) is 12.7. The monoisotopic (exact) mass is 636 g/mol. The fourth-order valence-electron chi connectivity index (χ4n) is 5.42. The van der Waals surface area contributed by atoms with E-state index in [2.05, 4.69) is 30.8 Å². The zero-order valence-electron chi connectivity index (χ0n) is 28.5. The van der Waals surface area contributed by atoms with Crippen LogP contribution in [0.5, 0.6) is 5.75 Å². The molecule has 246 valence electrons. The standard InChI is InChI=1S/C36H52N4O4S/c1-10-11-12-13-18-40(36(37)41)34-22-28(14-16-33(34)38-32-17-15-29(44-9)19-26(32)8)39-45(42,43)35-30(24(4)5)20-27(23(2)3)21-31(35)25(6)7/h14-17,19-25,38-39H,10-13,18H2,1-9H3,(H2,37,41). The van der Waals surface area contributed by atoms with Gasteiger partial charge < -0.3 is 15.8 Å². The number of nitrogens with zero attached hydrogens (tertiary/aromatic N) is 1. The number of nitrogens with one attached hydrogen (secondary N) is 2. The molecular formula is C36H52N4O4S. The molecule has 9 heteroatoms. The number of hydrogen-bond donors (Lipinski definition) is 3. The van der Waals surface area contributed by atoms with Crippen LogP contribution in [0.1, 0.15) is 114 Å². The number of rotatable bonds is 15. The Balaban J connectivity index is 2.14. The topological polar surface area (TPSA) is 114 Å². The molecule has 2 amide bonds. The highest BCUT2D eigenvalue weighted by molar-refractivity contribution is 7.92. The first-order valence-corrected chi connectivity index (χ1v) is 17.5. The minimum Gasteiger partial charge on any atom is -0.497 e. The van der Waals surface area contributed by atoms with Crippen molar-refractivity contribution in [1.82, 2.24) is 0 Å². The molecule has 0 bridgehead atoms. The van der Waals surface area contributed by atoms with Gasteiger partial charge in [-0.1, -0.05) is 79.9 Å². The molecule has 3 aromatic carbocycles. The average Bonchev–Trinajstić information content (AvgIpc) is 2.97. The zero-order chi connectivity index (χ0) is 33.5. The van der Waals surface area contributed by atoms with Crippen molar-refractivity contribution >= 4 is 38.8 Å². The zero-order valence-corrected chi connectivity index (χ0v) is 29.3. The number of anilines is 4. The first-order valence-electron chi connectivity index (χ1n) is 16.0. The van der Waals surface area contributed by atoms with Gasteiger partial charge in [0.15, 0.2) is 0 Å². The van der Waals surface area contributed by atoms with Gasteiger partial charge in [-0.15, -0.1) is 0 Å². The van der Waals surface area contributed by atoms with Gasteiger partial charge in [0.2, 0.25) is 0 Å². The molecule has 3 aromatic rings. The predicted molar refractivity (Wildman–Crippen MR) is 188 cm³/mol. The summed E-state index contributed by atoms with van der Waals surface area (Å²) in [4.78, 5) is 14.7. The molecule has 0 aliphatic rings. The van der Waals surface area contributed by atoms with E-state index in [1.54, 1.807) is 25.3 Å². The van der Waals surface area contributed by atoms with Crippen LogP contribution in [0.2, 0.25) is 0 Å². The summed E-state index contributed by atoms with van der Waals surface area (Å²) >= 11 is 0. The van der Waals surface area contributed by atoms with E-state index in [0.717, 1.165) is 59.4 Å². The SMILES string of the molecule is CCCCCCN(C(N)=O)c1cc(NS(=O)(=O)c2c(C(C)C)cc(C(C)C)cc2C(C)C)ccc1Nc1ccc(OC)cc1C. The number of nitrogens with two attached hydrogens (primary N) is 1. The van der Waals surface area contributed by atoms with Crippen molar-refractivity contribution < 1.29 is 17.9 Å². The highest BCUT2D eigenvalue weighted by atomic mass is 32.2. The van der Waals surface area contributed by atoms with Crippen LogP contribution in [-0.4, -0.2) is 28.1 Å². The van der Waals surface area contributed by atoms with Crippen molar-refractivity contribution in [3.8, 4) is 5.75 Å². The summed E-state index contributed by atoms with van der Waals surface area (Å²) in [7, 11) is -2.38. The van der Waals surface area contributed by atoms with Crippen LogP contribution in [0.25, 0.3) is 0 Å². The van der Waals surface area contributed by atoms with Gasteiger partial charge in [0, 0.05) is 12.2 Å². The Morgan fingerprint density at radius 1 is 0.867 bits per heavy atom. The lowest BCUT2D eigenvalue weighted by molar-refractivity contribution is 0.253. The largest absolute Gasteiger partial charge is 0.497 e. The van der Waals surface area contributed by atoms with Gasteiger partial charge in [-0.3, -0.25) is 9.62 Å². The number of sulfonamides is 1. The number of carbonyl (C=O) groups excluding carboxylic acids is 1. The number of carbonyl (C=O) groups is 1. The van der Waals surface area contributed by atoms with Crippen LogP contribution in [-0.2, 0) is 10.0 Å². The summed E-state index contributed by atoms with van der Waals surface area (Å²) in [5.41, 5.74) is 11.9. The second-order valence-corrected chi connectivity index (χ2v) is 14.3. The van der Waals surface area contributed by atoms with Crippen molar-refractivity contribution in [3.05, 3.63) is 70.8 Å². The Morgan fingerprint density at radius 2 is 1.49 bits per heavy atom. The van der Waals surface area contributed by atoms with Gasteiger partial charge >= 0.3 is 6.03 Å². The van der Waals surface area contributed by atoms with E-state index in [1.165, 1.54) is 4.90 Å². The van der Waals surface area contributed by atoms with E-state index in [1.807, 2.05) is 65.0 Å². The molecule has 0 saturated carbocycles. The number of urea groups is 1. The molecule has 3 rings (SSSR count). The number of amides is 2. The van der Waals surface area contributed by atoms with Crippen LogP contribution >= 0.6 is 0 Å². The predicted octanol–water partition coefficient (Wildman–Crippen LogP) is 9.38. The first kappa shape index (κ1) is 35.8. The molecule has 0 atom stereocenters. The normalized spacial score (nSPS) is 11.7. The van der Waals surface area contributed by atoms with E-state index in [4.69, 9.17) is 10.5 Å². The molecule has 8 nitrogen and oxygen atoms in total. The van der Waals surface area contributed by atoms with Crippen molar-refractivity contribution in [3.63, 3.8) is 0 Å². The van der Waals surface area contributed by atoms with Crippen LogP contribution in [0, 0.1) is 6.92 Å². The third kappa shape index (κ3) is 8.93. The van der Waals surface area contributed by atoms with E-state index in [0.29, 0.717) is 28.5 Å². The van der Waals surface area contributed by atoms with Crippen molar-refractivity contribution in [1.29, 1.82) is 0 Å². The van der Waals surface area contributed by atoms with Gasteiger partial charge in [0.1, 0.15) is 5.75 Å². The smallest absolute Gasteiger partial charge is 0.319 e.